The van der Waals surface area contributed by atoms with Crippen molar-refractivity contribution in [2.45, 2.75) is 39.3 Å². The van der Waals surface area contributed by atoms with Gasteiger partial charge in [-0.2, -0.15) is 0 Å². The molecule has 0 aliphatic carbocycles. The summed E-state index contributed by atoms with van der Waals surface area (Å²) in [5.41, 5.74) is 0.678. The summed E-state index contributed by atoms with van der Waals surface area (Å²) in [7, 11) is -3.93. The van der Waals surface area contributed by atoms with Gasteiger partial charge in [-0.25, -0.2) is 8.42 Å². The van der Waals surface area contributed by atoms with Gasteiger partial charge in [0, 0.05) is 18.1 Å². The van der Waals surface area contributed by atoms with Crippen LogP contribution in [0.2, 0.25) is 20.1 Å². The molecule has 0 fully saturated rings. The fraction of sp³-hybridized carbons (Fsp3) is 0.391. The van der Waals surface area contributed by atoms with Crippen LogP contribution in [0.1, 0.15) is 32.3 Å². The predicted molar refractivity (Wildman–Crippen MR) is 143 cm³/mol. The highest BCUT2D eigenvalue weighted by atomic mass is 35.5. The summed E-state index contributed by atoms with van der Waals surface area (Å²) in [6.45, 7) is 3.44. The second-order valence-electron chi connectivity index (χ2n) is 7.96. The molecule has 2 aromatic carbocycles. The van der Waals surface area contributed by atoms with Crippen LogP contribution in [0.4, 0.5) is 5.69 Å². The van der Waals surface area contributed by atoms with Crippen LogP contribution < -0.4 is 9.62 Å². The summed E-state index contributed by atoms with van der Waals surface area (Å²) in [6, 6.07) is 8.27. The molecule has 0 aliphatic rings. The lowest BCUT2D eigenvalue weighted by atomic mass is 10.1. The molecule has 0 spiro atoms. The van der Waals surface area contributed by atoms with E-state index in [9.17, 15) is 18.0 Å². The van der Waals surface area contributed by atoms with Crippen LogP contribution in [0, 0.1) is 0 Å². The van der Waals surface area contributed by atoms with Gasteiger partial charge < -0.3 is 10.2 Å². The van der Waals surface area contributed by atoms with E-state index in [1.807, 2.05) is 6.92 Å². The van der Waals surface area contributed by atoms with E-state index in [1.165, 1.54) is 23.1 Å². The summed E-state index contributed by atoms with van der Waals surface area (Å²) in [5, 5.41) is 3.80. The van der Waals surface area contributed by atoms with Crippen molar-refractivity contribution < 1.29 is 18.0 Å². The number of unbranched alkanes of at least 4 members (excludes halogenated alkanes) is 1. The van der Waals surface area contributed by atoms with Gasteiger partial charge in [0.25, 0.3) is 0 Å². The molecule has 1 atom stereocenters. The molecule has 192 valence electrons. The average Bonchev–Trinajstić information content (AvgIpc) is 2.78. The van der Waals surface area contributed by atoms with E-state index >= 15 is 0 Å². The van der Waals surface area contributed by atoms with Crippen LogP contribution in [0.5, 0.6) is 0 Å². The van der Waals surface area contributed by atoms with Gasteiger partial charge in [0.1, 0.15) is 12.6 Å². The van der Waals surface area contributed by atoms with Crippen molar-refractivity contribution in [2.24, 2.45) is 0 Å². The van der Waals surface area contributed by atoms with Crippen molar-refractivity contribution in [1.29, 1.82) is 0 Å². The molecule has 0 unspecified atom stereocenters. The first-order valence-corrected chi connectivity index (χ1v) is 14.1. The molecule has 12 heteroatoms. The minimum absolute atomic E-state index is 0.00103. The number of halogens is 4. The number of amides is 2. The lowest BCUT2D eigenvalue weighted by Crippen LogP contribution is -2.51. The van der Waals surface area contributed by atoms with Crippen LogP contribution in [0.25, 0.3) is 0 Å². The third-order valence-corrected chi connectivity index (χ3v) is 7.61. The van der Waals surface area contributed by atoms with Crippen molar-refractivity contribution in [3.63, 3.8) is 0 Å². The second-order valence-corrected chi connectivity index (χ2v) is 11.5. The summed E-state index contributed by atoms with van der Waals surface area (Å²) < 4.78 is 26.1. The first kappa shape index (κ1) is 29.5. The van der Waals surface area contributed by atoms with Crippen LogP contribution >= 0.6 is 46.4 Å². The summed E-state index contributed by atoms with van der Waals surface area (Å²) in [6.07, 6.45) is 2.64. The van der Waals surface area contributed by atoms with Gasteiger partial charge in [0.2, 0.25) is 21.8 Å². The van der Waals surface area contributed by atoms with Gasteiger partial charge in [-0.05, 0) is 49.2 Å². The molecule has 0 heterocycles. The normalized spacial score (nSPS) is 12.2. The van der Waals surface area contributed by atoms with Gasteiger partial charge in [-0.1, -0.05) is 65.8 Å². The zero-order valence-corrected chi connectivity index (χ0v) is 23.4. The molecule has 35 heavy (non-hydrogen) atoms. The van der Waals surface area contributed by atoms with E-state index in [1.54, 1.807) is 25.1 Å². The maximum atomic E-state index is 13.5. The molecule has 2 aromatic rings. The minimum atomic E-state index is -3.93. The van der Waals surface area contributed by atoms with Gasteiger partial charge in [0.15, 0.2) is 0 Å². The highest BCUT2D eigenvalue weighted by molar-refractivity contribution is 7.92. The van der Waals surface area contributed by atoms with Gasteiger partial charge in [0.05, 0.1) is 27.0 Å². The highest BCUT2D eigenvalue weighted by Gasteiger charge is 2.31. The number of hydrogen-bond donors (Lipinski definition) is 1. The van der Waals surface area contributed by atoms with Crippen LogP contribution in [0.3, 0.4) is 0 Å². The molecule has 0 aliphatic heterocycles. The van der Waals surface area contributed by atoms with Crippen molar-refractivity contribution in [2.75, 3.05) is 23.7 Å². The maximum Gasteiger partial charge on any atom is 0.244 e. The number of anilines is 1. The Labute approximate surface area is 226 Å². The summed E-state index contributed by atoms with van der Waals surface area (Å²) in [4.78, 5) is 27.6. The number of nitrogens with zero attached hydrogens (tertiary/aromatic N) is 2. The molecule has 2 amide bonds. The Balaban J connectivity index is 2.42. The zero-order valence-electron chi connectivity index (χ0n) is 19.5. The molecule has 0 saturated heterocycles. The molecule has 2 rings (SSSR count). The molecule has 7 nitrogen and oxygen atoms in total. The van der Waals surface area contributed by atoms with Crippen molar-refractivity contribution >= 4 is 73.9 Å². The third-order valence-electron chi connectivity index (χ3n) is 5.19. The Bertz CT molecular complexity index is 1180. The van der Waals surface area contributed by atoms with E-state index in [2.05, 4.69) is 5.32 Å². The third kappa shape index (κ3) is 8.43. The van der Waals surface area contributed by atoms with Crippen molar-refractivity contribution in [3.05, 3.63) is 62.1 Å². The van der Waals surface area contributed by atoms with E-state index in [0.29, 0.717) is 22.2 Å². The van der Waals surface area contributed by atoms with Gasteiger partial charge in [-0.15, -0.1) is 0 Å². The van der Waals surface area contributed by atoms with Gasteiger partial charge >= 0.3 is 0 Å². The van der Waals surface area contributed by atoms with Gasteiger partial charge in [-0.3, -0.25) is 13.9 Å². The molecule has 1 N–H and O–H groups in total. The lowest BCUT2D eigenvalue weighted by Gasteiger charge is -2.31. The number of rotatable bonds is 11. The number of benzene rings is 2. The number of carbonyl (C=O) groups excluding carboxylic acids is 2. The Morgan fingerprint density at radius 1 is 1.00 bits per heavy atom. The van der Waals surface area contributed by atoms with Crippen LogP contribution in [-0.2, 0) is 26.2 Å². The van der Waals surface area contributed by atoms with Crippen molar-refractivity contribution in [3.8, 4) is 0 Å². The Morgan fingerprint density at radius 2 is 1.66 bits per heavy atom. The number of carbonyl (C=O) groups is 2. The van der Waals surface area contributed by atoms with E-state index in [-0.39, 0.29) is 28.2 Å². The largest absolute Gasteiger partial charge is 0.354 e. The topological polar surface area (TPSA) is 86.8 Å². The zero-order chi connectivity index (χ0) is 26.3. The second kappa shape index (κ2) is 13.0. The summed E-state index contributed by atoms with van der Waals surface area (Å²) in [5.74, 6) is -0.978. The number of hydrogen-bond acceptors (Lipinski definition) is 4. The van der Waals surface area contributed by atoms with Crippen LogP contribution in [-0.4, -0.2) is 50.5 Å². The maximum absolute atomic E-state index is 13.5. The van der Waals surface area contributed by atoms with E-state index < -0.39 is 28.5 Å². The van der Waals surface area contributed by atoms with Crippen LogP contribution in [0.15, 0.2) is 36.4 Å². The average molecular weight is 583 g/mol. The molecule has 0 radical (unpaired) electrons. The minimum Gasteiger partial charge on any atom is -0.354 e. The molecular weight excluding hydrogens is 556 g/mol. The molecular formula is C23H27Cl4N3O4S. The number of sulfonamides is 1. The van der Waals surface area contributed by atoms with E-state index in [4.69, 9.17) is 46.4 Å². The van der Waals surface area contributed by atoms with E-state index in [0.717, 1.165) is 23.4 Å². The molecule has 0 bridgehead atoms. The SMILES string of the molecule is CCCCNC(=O)[C@H](C)N(Cc1ccc(Cl)c(Cl)c1)C(=O)CN(c1cc(Cl)ccc1Cl)S(C)(=O)=O. The quantitative estimate of drug-likeness (QED) is 0.359. The van der Waals surface area contributed by atoms with Crippen molar-refractivity contribution in [1.82, 2.24) is 10.2 Å². The fourth-order valence-electron chi connectivity index (χ4n) is 3.23. The lowest BCUT2D eigenvalue weighted by molar-refractivity contribution is -0.139. The highest BCUT2D eigenvalue weighted by Crippen LogP contribution is 2.31. The first-order valence-electron chi connectivity index (χ1n) is 10.8. The Kier molecular flexibility index (Phi) is 11.0. The fourth-order valence-corrected chi connectivity index (χ4v) is 4.84. The smallest absolute Gasteiger partial charge is 0.244 e. The predicted octanol–water partition coefficient (Wildman–Crippen LogP) is 5.40. The Hall–Kier alpha value is -1.71. The number of nitrogens with one attached hydrogen (secondary N) is 1. The monoisotopic (exact) mass is 581 g/mol. The first-order chi connectivity index (χ1) is 16.3. The summed E-state index contributed by atoms with van der Waals surface area (Å²) >= 11 is 24.4. The Morgan fingerprint density at radius 3 is 2.26 bits per heavy atom. The molecule has 0 saturated carbocycles. The molecule has 0 aromatic heterocycles. The standard InChI is InChI=1S/C23H27Cl4N3O4S/c1-4-5-10-28-23(32)15(2)29(13-16-6-8-18(25)20(27)11-16)22(31)14-30(35(3,33)34)21-12-17(24)7-9-19(21)26/h6-9,11-12,15H,4-5,10,13-14H2,1-3H3,(H,28,32)/t15-/m0/s1.